The van der Waals surface area contributed by atoms with Gasteiger partial charge in [0.1, 0.15) is 11.3 Å². The second-order valence-electron chi connectivity index (χ2n) is 3.41. The van der Waals surface area contributed by atoms with Crippen molar-refractivity contribution in [1.82, 2.24) is 4.98 Å². The van der Waals surface area contributed by atoms with E-state index in [1.807, 2.05) is 5.92 Å². The quantitative estimate of drug-likeness (QED) is 0.310. The molecule has 6 heteroatoms. The summed E-state index contributed by atoms with van der Waals surface area (Å²) in [4.78, 5) is 3.74. The predicted octanol–water partition coefficient (Wildman–Crippen LogP) is 3.18. The van der Waals surface area contributed by atoms with Crippen molar-refractivity contribution in [3.8, 4) is 11.8 Å². The first-order chi connectivity index (χ1) is 9.02. The molecule has 0 saturated carbocycles. The van der Waals surface area contributed by atoms with Gasteiger partial charge in [0.25, 0.3) is 0 Å². The number of benzene rings is 1. The molecule has 2 rings (SSSR count). The number of hydrogen-bond acceptors (Lipinski definition) is 1. The van der Waals surface area contributed by atoms with Gasteiger partial charge in [0, 0.05) is 6.20 Å². The third kappa shape index (κ3) is 2.40. The van der Waals surface area contributed by atoms with Crippen molar-refractivity contribution in [3.05, 3.63) is 64.7 Å². The molecule has 0 fully saturated rings. The topological polar surface area (TPSA) is 12.9 Å². The van der Waals surface area contributed by atoms with E-state index < -0.39 is 34.6 Å². The van der Waals surface area contributed by atoms with E-state index in [9.17, 15) is 22.0 Å². The van der Waals surface area contributed by atoms with Gasteiger partial charge in [-0.1, -0.05) is 12.0 Å². The van der Waals surface area contributed by atoms with Crippen molar-refractivity contribution >= 4 is 0 Å². The lowest BCUT2D eigenvalue weighted by Crippen LogP contribution is -2.04. The lowest BCUT2D eigenvalue weighted by atomic mass is 10.1. The van der Waals surface area contributed by atoms with Gasteiger partial charge < -0.3 is 0 Å². The molecule has 1 aromatic carbocycles. The van der Waals surface area contributed by atoms with Crippen LogP contribution < -0.4 is 0 Å². The zero-order valence-corrected chi connectivity index (χ0v) is 9.15. The second-order valence-corrected chi connectivity index (χ2v) is 3.41. The first-order valence-electron chi connectivity index (χ1n) is 4.97. The fraction of sp³-hybridized carbons (Fsp3) is 0. The largest absolute Gasteiger partial charge is 0.248 e. The Labute approximate surface area is 104 Å². The standard InChI is InChI=1S/C13H4F5N/c14-9-8(5-4-7-3-1-2-6-19-7)10(15)12(17)13(18)11(9)16/h1-3,6H. The Bertz CT molecular complexity index is 657. The minimum atomic E-state index is -2.21. The van der Waals surface area contributed by atoms with Gasteiger partial charge >= 0.3 is 0 Å². The fourth-order valence-corrected chi connectivity index (χ4v) is 1.28. The van der Waals surface area contributed by atoms with Crippen LogP contribution in [-0.2, 0) is 0 Å². The van der Waals surface area contributed by atoms with Crippen molar-refractivity contribution in [2.24, 2.45) is 0 Å². The third-order valence-corrected chi connectivity index (χ3v) is 2.19. The number of nitrogens with zero attached hydrogens (tertiary/aromatic N) is 1. The molecule has 1 nitrogen and oxygen atoms in total. The van der Waals surface area contributed by atoms with Gasteiger partial charge in [-0.25, -0.2) is 26.9 Å². The van der Waals surface area contributed by atoms with Gasteiger partial charge in [0.05, 0.1) is 0 Å². The summed E-state index contributed by atoms with van der Waals surface area (Å²) in [5.41, 5.74) is -1.03. The number of rotatable bonds is 0. The Morgan fingerprint density at radius 1 is 0.737 bits per heavy atom. The van der Waals surface area contributed by atoms with E-state index in [0.29, 0.717) is 0 Å². The maximum atomic E-state index is 13.3. The SMILES string of the molecule is Fc1c(F)c(F)c(C#Cc2ccccn2)c(F)c1F. The molecule has 0 spiro atoms. The van der Waals surface area contributed by atoms with E-state index in [0.717, 1.165) is 0 Å². The van der Waals surface area contributed by atoms with Crippen molar-refractivity contribution < 1.29 is 22.0 Å². The summed E-state index contributed by atoms with van der Waals surface area (Å²) in [6, 6.07) is 4.58. The molecule has 0 amide bonds. The van der Waals surface area contributed by atoms with Crippen LogP contribution in [0.2, 0.25) is 0 Å². The lowest BCUT2D eigenvalue weighted by Gasteiger charge is -2.02. The first kappa shape index (κ1) is 13.0. The Balaban J connectivity index is 2.57. The molecule has 0 radical (unpaired) electrons. The molecule has 0 unspecified atom stereocenters. The molecular formula is C13H4F5N. The van der Waals surface area contributed by atoms with Crippen LogP contribution in [-0.4, -0.2) is 4.98 Å². The monoisotopic (exact) mass is 269 g/mol. The maximum Gasteiger partial charge on any atom is 0.200 e. The Morgan fingerprint density at radius 3 is 1.84 bits per heavy atom. The lowest BCUT2D eigenvalue weighted by molar-refractivity contribution is 0.376. The van der Waals surface area contributed by atoms with Gasteiger partial charge in [-0.15, -0.1) is 0 Å². The highest BCUT2D eigenvalue weighted by atomic mass is 19.2. The maximum absolute atomic E-state index is 13.3. The Morgan fingerprint density at radius 2 is 1.32 bits per heavy atom. The van der Waals surface area contributed by atoms with Crippen molar-refractivity contribution in [3.63, 3.8) is 0 Å². The van der Waals surface area contributed by atoms with Gasteiger partial charge in [-0.3, -0.25) is 0 Å². The van der Waals surface area contributed by atoms with Crippen LogP contribution in [0.25, 0.3) is 0 Å². The molecule has 0 aliphatic heterocycles. The van der Waals surface area contributed by atoms with Crippen LogP contribution in [0.4, 0.5) is 22.0 Å². The van der Waals surface area contributed by atoms with E-state index in [2.05, 4.69) is 10.9 Å². The molecule has 0 saturated heterocycles. The summed E-state index contributed by atoms with van der Waals surface area (Å²) >= 11 is 0. The first-order valence-corrected chi connectivity index (χ1v) is 4.97. The van der Waals surface area contributed by atoms with E-state index in [4.69, 9.17) is 0 Å². The van der Waals surface area contributed by atoms with Gasteiger partial charge in [-0.05, 0) is 18.1 Å². The van der Waals surface area contributed by atoms with Crippen LogP contribution in [0.1, 0.15) is 11.3 Å². The van der Waals surface area contributed by atoms with E-state index in [1.165, 1.54) is 12.3 Å². The van der Waals surface area contributed by atoms with Crippen LogP contribution in [0.3, 0.4) is 0 Å². The summed E-state index contributed by atoms with van der Waals surface area (Å²) in [5.74, 6) is -6.06. The molecule has 0 bridgehead atoms. The molecular weight excluding hydrogens is 265 g/mol. The van der Waals surface area contributed by atoms with Crippen LogP contribution in [0.5, 0.6) is 0 Å². The molecule has 96 valence electrons. The molecule has 1 heterocycles. The summed E-state index contributed by atoms with van der Waals surface area (Å²) in [5, 5.41) is 0. The van der Waals surface area contributed by atoms with Crippen LogP contribution in [0, 0.1) is 40.9 Å². The van der Waals surface area contributed by atoms with E-state index in [1.54, 1.807) is 12.1 Å². The number of hydrogen-bond donors (Lipinski definition) is 0. The fourth-order valence-electron chi connectivity index (χ4n) is 1.28. The second kappa shape index (κ2) is 5.06. The van der Waals surface area contributed by atoms with Gasteiger partial charge in [0.2, 0.25) is 5.82 Å². The summed E-state index contributed by atoms with van der Waals surface area (Å²) in [6.45, 7) is 0. The molecule has 1 aromatic heterocycles. The smallest absolute Gasteiger partial charge is 0.200 e. The third-order valence-electron chi connectivity index (χ3n) is 2.19. The van der Waals surface area contributed by atoms with Crippen molar-refractivity contribution in [2.45, 2.75) is 0 Å². The molecule has 0 aliphatic rings. The predicted molar refractivity (Wildman–Crippen MR) is 56.4 cm³/mol. The highest BCUT2D eigenvalue weighted by Gasteiger charge is 2.24. The average Bonchev–Trinajstić information content (AvgIpc) is 2.44. The number of halogens is 5. The summed E-state index contributed by atoms with van der Waals surface area (Å²) < 4.78 is 65.1. The van der Waals surface area contributed by atoms with Crippen molar-refractivity contribution in [1.29, 1.82) is 0 Å². The Hall–Kier alpha value is -2.42. The normalized spacial score (nSPS) is 9.95. The molecule has 19 heavy (non-hydrogen) atoms. The van der Waals surface area contributed by atoms with Crippen LogP contribution in [0.15, 0.2) is 24.4 Å². The minimum Gasteiger partial charge on any atom is -0.248 e. The summed E-state index contributed by atoms with van der Waals surface area (Å²) in [6.07, 6.45) is 1.38. The zero-order valence-electron chi connectivity index (χ0n) is 9.15. The average molecular weight is 269 g/mol. The zero-order chi connectivity index (χ0) is 14.0. The number of pyridine rings is 1. The Kier molecular flexibility index (Phi) is 3.47. The molecule has 2 aromatic rings. The molecule has 0 aliphatic carbocycles. The molecule has 0 atom stereocenters. The number of aromatic nitrogens is 1. The summed E-state index contributed by atoms with van der Waals surface area (Å²) in [7, 11) is 0. The van der Waals surface area contributed by atoms with Crippen LogP contribution >= 0.6 is 0 Å². The minimum absolute atomic E-state index is 0.145. The van der Waals surface area contributed by atoms with E-state index in [-0.39, 0.29) is 5.69 Å². The van der Waals surface area contributed by atoms with Gasteiger partial charge in [0.15, 0.2) is 23.3 Å². The van der Waals surface area contributed by atoms with Gasteiger partial charge in [-0.2, -0.15) is 0 Å². The molecule has 0 N–H and O–H groups in total. The highest BCUT2D eigenvalue weighted by molar-refractivity contribution is 5.42. The van der Waals surface area contributed by atoms with Crippen molar-refractivity contribution in [2.75, 3.05) is 0 Å². The highest BCUT2D eigenvalue weighted by Crippen LogP contribution is 2.22. The van der Waals surface area contributed by atoms with E-state index >= 15 is 0 Å².